The van der Waals surface area contributed by atoms with Gasteiger partial charge < -0.3 is 10.2 Å². The van der Waals surface area contributed by atoms with Crippen LogP contribution >= 0.6 is 11.8 Å². The van der Waals surface area contributed by atoms with Gasteiger partial charge >= 0.3 is 0 Å². The number of carbonyl (C=O) groups excluding carboxylic acids is 1. The number of rotatable bonds is 3. The zero-order valence-corrected chi connectivity index (χ0v) is 15.3. The summed E-state index contributed by atoms with van der Waals surface area (Å²) >= 11 is 1.94. The second-order valence-corrected chi connectivity index (χ2v) is 8.00. The minimum absolute atomic E-state index is 0.00138. The molecule has 2 aliphatic heterocycles. The van der Waals surface area contributed by atoms with Gasteiger partial charge in [0, 0.05) is 50.3 Å². The van der Waals surface area contributed by atoms with Crippen LogP contribution in [0.15, 0.2) is 42.7 Å². The number of hydrogen-bond donors (Lipinski definition) is 1. The molecule has 2 fully saturated rings. The Balaban J connectivity index is 1.57. The van der Waals surface area contributed by atoms with Crippen molar-refractivity contribution in [2.75, 3.05) is 31.1 Å². The summed E-state index contributed by atoms with van der Waals surface area (Å²) in [5, 5.41) is 7.71. The Kier molecular flexibility index (Phi) is 4.81. The lowest BCUT2D eigenvalue weighted by molar-refractivity contribution is -0.137. The molecule has 2 aliphatic rings. The molecule has 4 rings (SSSR count). The van der Waals surface area contributed by atoms with Gasteiger partial charge in [0.25, 0.3) is 0 Å². The van der Waals surface area contributed by atoms with Gasteiger partial charge in [0.2, 0.25) is 5.91 Å². The first kappa shape index (κ1) is 16.7. The zero-order chi connectivity index (χ0) is 17.2. The van der Waals surface area contributed by atoms with E-state index in [0.29, 0.717) is 0 Å². The van der Waals surface area contributed by atoms with Gasteiger partial charge in [-0.15, -0.1) is 0 Å². The number of nitrogens with one attached hydrogen (secondary N) is 1. The number of thioether (sulfide) groups is 1. The summed E-state index contributed by atoms with van der Waals surface area (Å²) in [4.78, 5) is 15.5. The van der Waals surface area contributed by atoms with Gasteiger partial charge in [-0.2, -0.15) is 16.9 Å². The smallest absolute Gasteiger partial charge is 0.228 e. The first-order chi connectivity index (χ1) is 12.2. The largest absolute Gasteiger partial charge is 0.334 e. The van der Waals surface area contributed by atoms with E-state index in [9.17, 15) is 4.79 Å². The van der Waals surface area contributed by atoms with Crippen molar-refractivity contribution in [3.05, 3.63) is 53.9 Å². The number of benzene rings is 1. The first-order valence-corrected chi connectivity index (χ1v) is 10.0. The molecule has 2 saturated heterocycles. The number of aromatic nitrogens is 2. The molecule has 3 heterocycles. The standard InChI is InChI=1S/C19H24N4OS/c1-22-12-15(9-21-22)16-10-20-11-17(16)19(24)23-7-8-25-13-18(23)14-5-3-2-4-6-14/h2-6,9,12,16-18,20H,7-8,10-11,13H2,1H3/t16-,17+,18?/m1/s1. The maximum absolute atomic E-state index is 13.4. The van der Waals surface area contributed by atoms with E-state index in [-0.39, 0.29) is 23.8 Å². The summed E-state index contributed by atoms with van der Waals surface area (Å²) < 4.78 is 1.82. The molecule has 1 aromatic heterocycles. The number of hydrogen-bond acceptors (Lipinski definition) is 4. The quantitative estimate of drug-likeness (QED) is 0.914. The Morgan fingerprint density at radius 2 is 2.08 bits per heavy atom. The van der Waals surface area contributed by atoms with Crippen molar-refractivity contribution in [3.63, 3.8) is 0 Å². The molecule has 0 bridgehead atoms. The average molecular weight is 356 g/mol. The molecule has 0 radical (unpaired) electrons. The van der Waals surface area contributed by atoms with Crippen LogP contribution in [0.4, 0.5) is 0 Å². The van der Waals surface area contributed by atoms with Crippen LogP contribution in [0, 0.1) is 5.92 Å². The highest BCUT2D eigenvalue weighted by Crippen LogP contribution is 2.35. The van der Waals surface area contributed by atoms with Crippen molar-refractivity contribution in [1.29, 1.82) is 0 Å². The Hall–Kier alpha value is -1.79. The van der Waals surface area contributed by atoms with Crippen molar-refractivity contribution < 1.29 is 4.79 Å². The van der Waals surface area contributed by atoms with E-state index >= 15 is 0 Å². The van der Waals surface area contributed by atoms with E-state index in [1.165, 1.54) is 5.56 Å². The minimum Gasteiger partial charge on any atom is -0.334 e. The maximum atomic E-state index is 13.4. The maximum Gasteiger partial charge on any atom is 0.228 e. The van der Waals surface area contributed by atoms with Crippen LogP contribution in [-0.4, -0.2) is 51.7 Å². The second-order valence-electron chi connectivity index (χ2n) is 6.85. The van der Waals surface area contributed by atoms with Gasteiger partial charge in [0.05, 0.1) is 18.2 Å². The molecule has 5 nitrogen and oxygen atoms in total. The molecule has 2 aromatic rings. The third kappa shape index (κ3) is 3.33. The average Bonchev–Trinajstić information content (AvgIpc) is 3.30. The fourth-order valence-corrected chi connectivity index (χ4v) is 5.04. The SMILES string of the molecule is Cn1cc([C@H]2CNC[C@@H]2C(=O)N2CCSCC2c2ccccc2)cn1. The van der Waals surface area contributed by atoms with E-state index < -0.39 is 0 Å². The van der Waals surface area contributed by atoms with Crippen molar-refractivity contribution in [2.45, 2.75) is 12.0 Å². The summed E-state index contributed by atoms with van der Waals surface area (Å²) in [6.45, 7) is 2.43. The third-order valence-electron chi connectivity index (χ3n) is 5.28. The fraction of sp³-hybridized carbons (Fsp3) is 0.474. The van der Waals surface area contributed by atoms with Crippen molar-refractivity contribution in [3.8, 4) is 0 Å². The van der Waals surface area contributed by atoms with Crippen molar-refractivity contribution in [2.24, 2.45) is 13.0 Å². The molecule has 3 atom stereocenters. The summed E-state index contributed by atoms with van der Waals surface area (Å²) in [6.07, 6.45) is 3.94. The van der Waals surface area contributed by atoms with E-state index in [4.69, 9.17) is 0 Å². The summed E-state index contributed by atoms with van der Waals surface area (Å²) in [5.41, 5.74) is 2.40. The Labute approximate surface area is 152 Å². The van der Waals surface area contributed by atoms with Gasteiger partial charge in [-0.25, -0.2) is 0 Å². The number of aryl methyl sites for hydroxylation is 1. The highest BCUT2D eigenvalue weighted by atomic mass is 32.2. The molecule has 0 saturated carbocycles. The van der Waals surface area contributed by atoms with Gasteiger partial charge in [-0.05, 0) is 11.1 Å². The van der Waals surface area contributed by atoms with E-state index in [1.807, 2.05) is 42.0 Å². The van der Waals surface area contributed by atoms with Crippen LogP contribution in [0.2, 0.25) is 0 Å². The molecule has 1 N–H and O–H groups in total. The van der Waals surface area contributed by atoms with Crippen LogP contribution < -0.4 is 5.32 Å². The summed E-state index contributed by atoms with van der Waals surface area (Å²) in [6, 6.07) is 10.6. The van der Waals surface area contributed by atoms with Crippen LogP contribution in [0.5, 0.6) is 0 Å². The molecule has 25 heavy (non-hydrogen) atoms. The monoisotopic (exact) mass is 356 g/mol. The van der Waals surface area contributed by atoms with Gasteiger partial charge in [0.15, 0.2) is 0 Å². The number of amides is 1. The van der Waals surface area contributed by atoms with E-state index in [1.54, 1.807) is 0 Å². The lowest BCUT2D eigenvalue weighted by Gasteiger charge is -2.38. The molecule has 0 spiro atoms. The molecule has 132 valence electrons. The topological polar surface area (TPSA) is 50.2 Å². The normalized spacial score (nSPS) is 26.8. The molecular formula is C19H24N4OS. The lowest BCUT2D eigenvalue weighted by Crippen LogP contribution is -2.45. The van der Waals surface area contributed by atoms with Crippen LogP contribution in [0.3, 0.4) is 0 Å². The third-order valence-corrected chi connectivity index (χ3v) is 6.30. The number of carbonyl (C=O) groups is 1. The van der Waals surface area contributed by atoms with Crippen LogP contribution in [0.25, 0.3) is 0 Å². The Bertz CT molecular complexity index is 732. The highest BCUT2D eigenvalue weighted by Gasteiger charge is 2.40. The molecule has 1 unspecified atom stereocenters. The molecule has 1 amide bonds. The fourth-order valence-electron chi connectivity index (χ4n) is 3.95. The van der Waals surface area contributed by atoms with Crippen molar-refractivity contribution in [1.82, 2.24) is 20.0 Å². The van der Waals surface area contributed by atoms with E-state index in [0.717, 1.165) is 36.7 Å². The molecule has 6 heteroatoms. The highest BCUT2D eigenvalue weighted by molar-refractivity contribution is 7.99. The Morgan fingerprint density at radius 1 is 1.24 bits per heavy atom. The summed E-state index contributed by atoms with van der Waals surface area (Å²) in [5.74, 6) is 2.50. The van der Waals surface area contributed by atoms with Gasteiger partial charge in [0.1, 0.15) is 0 Å². The predicted octanol–water partition coefficient (Wildman–Crippen LogP) is 2.04. The molecule has 1 aromatic carbocycles. The van der Waals surface area contributed by atoms with Crippen molar-refractivity contribution >= 4 is 17.7 Å². The summed E-state index contributed by atoms with van der Waals surface area (Å²) in [7, 11) is 1.93. The molecule has 0 aliphatic carbocycles. The number of nitrogens with zero attached hydrogens (tertiary/aromatic N) is 3. The van der Waals surface area contributed by atoms with Gasteiger partial charge in [-0.1, -0.05) is 30.3 Å². The lowest BCUT2D eigenvalue weighted by atomic mass is 9.89. The first-order valence-electron chi connectivity index (χ1n) is 8.86. The van der Waals surface area contributed by atoms with Gasteiger partial charge in [-0.3, -0.25) is 9.48 Å². The van der Waals surface area contributed by atoms with Crippen LogP contribution in [0.1, 0.15) is 23.1 Å². The Morgan fingerprint density at radius 3 is 2.84 bits per heavy atom. The van der Waals surface area contributed by atoms with Crippen LogP contribution in [-0.2, 0) is 11.8 Å². The second kappa shape index (κ2) is 7.22. The predicted molar refractivity (Wildman–Crippen MR) is 101 cm³/mol. The zero-order valence-electron chi connectivity index (χ0n) is 14.5. The molecular weight excluding hydrogens is 332 g/mol. The van der Waals surface area contributed by atoms with E-state index in [2.05, 4.69) is 39.6 Å². The minimum atomic E-state index is -0.00138.